The van der Waals surface area contributed by atoms with E-state index in [2.05, 4.69) is 6.92 Å². The van der Waals surface area contributed by atoms with Crippen LogP contribution in [0.1, 0.15) is 39.0 Å². The fraction of sp³-hybridized carbons (Fsp3) is 0.857. The van der Waals surface area contributed by atoms with Crippen LogP contribution in [0, 0.1) is 11.3 Å². The molecule has 1 amide bonds. The number of carboxylic acid groups (broad SMARTS) is 1. The van der Waals surface area contributed by atoms with Crippen LogP contribution in [-0.4, -0.2) is 48.2 Å². The molecular weight excluding hydrogens is 246 g/mol. The number of carbonyl (C=O) groups is 2. The molecule has 2 fully saturated rings. The van der Waals surface area contributed by atoms with Crippen molar-refractivity contribution in [3.8, 4) is 0 Å². The number of fused-ring (bicyclic) bond motifs is 1. The second-order valence-corrected chi connectivity index (χ2v) is 5.73. The maximum Gasteiger partial charge on any atom is 0.311 e. The van der Waals surface area contributed by atoms with Crippen molar-refractivity contribution in [3.05, 3.63) is 0 Å². The first-order chi connectivity index (χ1) is 9.10. The Kier molecular flexibility index (Phi) is 4.45. The molecule has 0 aromatic carbocycles. The van der Waals surface area contributed by atoms with Crippen molar-refractivity contribution < 1.29 is 19.4 Å². The number of ether oxygens (including phenoxy) is 1. The highest BCUT2D eigenvalue weighted by Crippen LogP contribution is 2.48. The average Bonchev–Trinajstić information content (AvgIpc) is 2.91. The van der Waals surface area contributed by atoms with Crippen LogP contribution in [0.4, 0.5) is 0 Å². The maximum atomic E-state index is 12.0. The molecule has 1 saturated heterocycles. The molecule has 1 N–H and O–H groups in total. The molecule has 1 saturated carbocycles. The zero-order valence-corrected chi connectivity index (χ0v) is 11.6. The van der Waals surface area contributed by atoms with Crippen LogP contribution >= 0.6 is 0 Å². The van der Waals surface area contributed by atoms with Crippen molar-refractivity contribution in [1.82, 2.24) is 4.90 Å². The van der Waals surface area contributed by atoms with Gasteiger partial charge in [0.25, 0.3) is 0 Å². The molecule has 2 aliphatic rings. The monoisotopic (exact) mass is 269 g/mol. The second-order valence-electron chi connectivity index (χ2n) is 5.73. The molecule has 0 aromatic rings. The van der Waals surface area contributed by atoms with E-state index in [9.17, 15) is 14.7 Å². The molecule has 0 bridgehead atoms. The van der Waals surface area contributed by atoms with Crippen molar-refractivity contribution >= 4 is 11.9 Å². The molecule has 0 aromatic heterocycles. The first-order valence-corrected chi connectivity index (χ1v) is 7.19. The number of hydrogen-bond donors (Lipinski definition) is 1. The molecule has 2 atom stereocenters. The van der Waals surface area contributed by atoms with Crippen molar-refractivity contribution in [1.29, 1.82) is 0 Å². The molecule has 0 radical (unpaired) electrons. The largest absolute Gasteiger partial charge is 0.481 e. The minimum absolute atomic E-state index is 0.0638. The predicted molar refractivity (Wildman–Crippen MR) is 69.7 cm³/mol. The van der Waals surface area contributed by atoms with E-state index in [1.54, 1.807) is 4.90 Å². The summed E-state index contributed by atoms with van der Waals surface area (Å²) in [7, 11) is 0. The molecule has 0 spiro atoms. The summed E-state index contributed by atoms with van der Waals surface area (Å²) in [5.41, 5.74) is -0.681. The summed E-state index contributed by atoms with van der Waals surface area (Å²) in [5, 5.41) is 9.45. The predicted octanol–water partition coefficient (Wildman–Crippen LogP) is 1.52. The van der Waals surface area contributed by atoms with Crippen LogP contribution in [0.5, 0.6) is 0 Å². The van der Waals surface area contributed by atoms with Gasteiger partial charge >= 0.3 is 5.97 Å². The number of rotatable bonds is 6. The molecule has 1 aliphatic heterocycles. The number of carbonyl (C=O) groups excluding carboxylic acids is 1. The van der Waals surface area contributed by atoms with Gasteiger partial charge < -0.3 is 14.7 Å². The third-order valence-electron chi connectivity index (χ3n) is 4.52. The highest BCUT2D eigenvalue weighted by atomic mass is 16.5. The van der Waals surface area contributed by atoms with Crippen molar-refractivity contribution in [3.63, 3.8) is 0 Å². The topological polar surface area (TPSA) is 66.8 Å². The van der Waals surface area contributed by atoms with Gasteiger partial charge in [0.2, 0.25) is 5.91 Å². The van der Waals surface area contributed by atoms with Crippen LogP contribution in [0.3, 0.4) is 0 Å². The number of aliphatic carboxylic acids is 1. The standard InChI is InChI=1S/C14H23NO4/c1-2-3-7-19-9-12(16)15-8-11-5-4-6-14(11,10-15)13(17)18/h11H,2-10H2,1H3,(H,17,18)/t11-,14+/m0/s1. The zero-order chi connectivity index (χ0) is 13.9. The van der Waals surface area contributed by atoms with E-state index < -0.39 is 11.4 Å². The Hall–Kier alpha value is -1.10. The van der Waals surface area contributed by atoms with Crippen LogP contribution in [0.2, 0.25) is 0 Å². The van der Waals surface area contributed by atoms with Gasteiger partial charge in [-0.2, -0.15) is 0 Å². The maximum absolute atomic E-state index is 12.0. The SMILES string of the molecule is CCCCOCC(=O)N1C[C@@H]2CCC[C@@]2(C(=O)O)C1. The third-order valence-corrected chi connectivity index (χ3v) is 4.52. The summed E-state index contributed by atoms with van der Waals surface area (Å²) < 4.78 is 5.33. The fourth-order valence-electron chi connectivity index (χ4n) is 3.33. The van der Waals surface area contributed by atoms with Gasteiger partial charge in [0.05, 0.1) is 5.41 Å². The van der Waals surface area contributed by atoms with Crippen molar-refractivity contribution in [2.24, 2.45) is 11.3 Å². The average molecular weight is 269 g/mol. The summed E-state index contributed by atoms with van der Waals surface area (Å²) in [6.07, 6.45) is 4.59. The number of likely N-dealkylation sites (tertiary alicyclic amines) is 1. The Balaban J connectivity index is 1.87. The Morgan fingerprint density at radius 1 is 1.47 bits per heavy atom. The smallest absolute Gasteiger partial charge is 0.311 e. The van der Waals surface area contributed by atoms with E-state index in [0.29, 0.717) is 26.1 Å². The third kappa shape index (κ3) is 2.76. The van der Waals surface area contributed by atoms with Gasteiger partial charge in [-0.15, -0.1) is 0 Å². The molecule has 1 heterocycles. The highest BCUT2D eigenvalue weighted by Gasteiger charge is 2.55. The highest BCUT2D eigenvalue weighted by molar-refractivity contribution is 5.82. The van der Waals surface area contributed by atoms with Gasteiger partial charge in [-0.25, -0.2) is 0 Å². The van der Waals surface area contributed by atoms with E-state index in [0.717, 1.165) is 25.7 Å². The lowest BCUT2D eigenvalue weighted by Gasteiger charge is -2.23. The van der Waals surface area contributed by atoms with Gasteiger partial charge in [0.1, 0.15) is 6.61 Å². The normalized spacial score (nSPS) is 29.5. The minimum atomic E-state index is -0.739. The molecule has 108 valence electrons. The molecule has 5 heteroatoms. The van der Waals surface area contributed by atoms with Crippen molar-refractivity contribution in [2.75, 3.05) is 26.3 Å². The molecule has 2 rings (SSSR count). The number of unbranched alkanes of at least 4 members (excludes halogenated alkanes) is 1. The summed E-state index contributed by atoms with van der Waals surface area (Å²) in [6, 6.07) is 0. The number of amides is 1. The second kappa shape index (κ2) is 5.90. The summed E-state index contributed by atoms with van der Waals surface area (Å²) in [4.78, 5) is 25.2. The lowest BCUT2D eigenvalue weighted by molar-refractivity contribution is -0.149. The van der Waals surface area contributed by atoms with Gasteiger partial charge in [-0.1, -0.05) is 19.8 Å². The van der Waals surface area contributed by atoms with Gasteiger partial charge in [0, 0.05) is 19.7 Å². The number of hydrogen-bond acceptors (Lipinski definition) is 3. The van der Waals surface area contributed by atoms with E-state index >= 15 is 0 Å². The lowest BCUT2D eigenvalue weighted by atomic mass is 9.81. The minimum Gasteiger partial charge on any atom is -0.481 e. The Morgan fingerprint density at radius 2 is 2.26 bits per heavy atom. The molecular formula is C14H23NO4. The van der Waals surface area contributed by atoms with Gasteiger partial charge in [-0.3, -0.25) is 9.59 Å². The van der Waals surface area contributed by atoms with Crippen molar-refractivity contribution in [2.45, 2.75) is 39.0 Å². The van der Waals surface area contributed by atoms with Crippen LogP contribution in [-0.2, 0) is 14.3 Å². The van der Waals surface area contributed by atoms with Gasteiger partial charge in [0.15, 0.2) is 0 Å². The van der Waals surface area contributed by atoms with E-state index in [-0.39, 0.29) is 18.4 Å². The summed E-state index contributed by atoms with van der Waals surface area (Å²) >= 11 is 0. The van der Waals surface area contributed by atoms with Crippen LogP contribution in [0.25, 0.3) is 0 Å². The lowest BCUT2D eigenvalue weighted by Crippen LogP contribution is -2.38. The molecule has 0 unspecified atom stereocenters. The first-order valence-electron chi connectivity index (χ1n) is 7.19. The molecule has 5 nitrogen and oxygen atoms in total. The number of carboxylic acids is 1. The fourth-order valence-corrected chi connectivity index (χ4v) is 3.33. The van der Waals surface area contributed by atoms with E-state index in [1.165, 1.54) is 0 Å². The van der Waals surface area contributed by atoms with E-state index in [1.807, 2.05) is 0 Å². The Bertz CT molecular complexity index is 357. The summed E-state index contributed by atoms with van der Waals surface area (Å²) in [5.74, 6) is -0.673. The van der Waals surface area contributed by atoms with Crippen LogP contribution in [0.15, 0.2) is 0 Å². The zero-order valence-electron chi connectivity index (χ0n) is 11.6. The quantitative estimate of drug-likeness (QED) is 0.742. The molecule has 19 heavy (non-hydrogen) atoms. The van der Waals surface area contributed by atoms with Crippen LogP contribution < -0.4 is 0 Å². The summed E-state index contributed by atoms with van der Waals surface area (Å²) in [6.45, 7) is 3.71. The Labute approximate surface area is 113 Å². The first kappa shape index (κ1) is 14.3. The van der Waals surface area contributed by atoms with Gasteiger partial charge in [-0.05, 0) is 25.2 Å². The molecule has 1 aliphatic carbocycles. The van der Waals surface area contributed by atoms with E-state index in [4.69, 9.17) is 4.74 Å². The Morgan fingerprint density at radius 3 is 2.89 bits per heavy atom. The number of nitrogens with zero attached hydrogens (tertiary/aromatic N) is 1.